The Morgan fingerprint density at radius 2 is 1.59 bits per heavy atom. The first-order valence-electron chi connectivity index (χ1n) is 8.99. The number of anilines is 2. The van der Waals surface area contributed by atoms with Crippen LogP contribution in [0.3, 0.4) is 0 Å². The van der Waals surface area contributed by atoms with Crippen molar-refractivity contribution in [3.63, 3.8) is 0 Å². The number of nitrogens with zero attached hydrogens (tertiary/aromatic N) is 1. The molecule has 0 heterocycles. The van der Waals surface area contributed by atoms with Gasteiger partial charge in [0.2, 0.25) is 5.91 Å². The van der Waals surface area contributed by atoms with Crippen molar-refractivity contribution in [1.29, 1.82) is 0 Å². The maximum Gasteiger partial charge on any atom is 0.417 e. The molecular formula is C21H15ClF4N2O3S. The van der Waals surface area contributed by atoms with Crippen molar-refractivity contribution in [3.8, 4) is 0 Å². The summed E-state index contributed by atoms with van der Waals surface area (Å²) in [5.74, 6) is -1.72. The summed E-state index contributed by atoms with van der Waals surface area (Å²) >= 11 is 5.64. The fraction of sp³-hybridized carbons (Fsp3) is 0.0952. The molecule has 32 heavy (non-hydrogen) atoms. The molecule has 3 aromatic rings. The third kappa shape index (κ3) is 5.20. The summed E-state index contributed by atoms with van der Waals surface area (Å²) in [6.45, 7) is -0.912. The number of alkyl halides is 3. The standard InChI is InChI=1S/C21H15ClF4N2O3S/c22-17-11-10-14(12-16(17)21(24,25)26)28(32(30,31)15-6-2-1-3-7-15)13-20(29)27-19-9-5-4-8-18(19)23/h1-12H,13H2,(H,27,29). The van der Waals surface area contributed by atoms with Crippen LogP contribution in [0.15, 0.2) is 77.7 Å². The molecular weight excluding hydrogens is 472 g/mol. The highest BCUT2D eigenvalue weighted by molar-refractivity contribution is 7.92. The first-order chi connectivity index (χ1) is 15.0. The predicted octanol–water partition coefficient (Wildman–Crippen LogP) is 5.33. The number of hydrogen-bond acceptors (Lipinski definition) is 3. The van der Waals surface area contributed by atoms with Crippen LogP contribution in [0, 0.1) is 5.82 Å². The topological polar surface area (TPSA) is 66.5 Å². The average Bonchev–Trinajstić information content (AvgIpc) is 2.74. The van der Waals surface area contributed by atoms with E-state index in [1.807, 2.05) is 0 Å². The minimum absolute atomic E-state index is 0.207. The van der Waals surface area contributed by atoms with E-state index in [4.69, 9.17) is 11.6 Å². The normalized spacial score (nSPS) is 11.8. The summed E-state index contributed by atoms with van der Waals surface area (Å²) in [4.78, 5) is 12.3. The van der Waals surface area contributed by atoms with E-state index in [1.165, 1.54) is 42.5 Å². The van der Waals surface area contributed by atoms with Crippen LogP contribution in [0.25, 0.3) is 0 Å². The smallest absolute Gasteiger partial charge is 0.322 e. The number of carbonyl (C=O) groups excluding carboxylic acids is 1. The van der Waals surface area contributed by atoms with Crippen molar-refractivity contribution < 1.29 is 30.8 Å². The first kappa shape index (κ1) is 23.6. The second kappa shape index (κ2) is 9.17. The van der Waals surface area contributed by atoms with Gasteiger partial charge in [-0.25, -0.2) is 12.8 Å². The van der Waals surface area contributed by atoms with E-state index in [0.29, 0.717) is 10.4 Å². The SMILES string of the molecule is O=C(CN(c1ccc(Cl)c(C(F)(F)F)c1)S(=O)(=O)c1ccccc1)Nc1ccccc1F. The molecule has 168 valence electrons. The molecule has 0 bridgehead atoms. The summed E-state index contributed by atoms with van der Waals surface area (Å²) in [6.07, 6.45) is -4.86. The molecule has 0 unspecified atom stereocenters. The summed E-state index contributed by atoms with van der Waals surface area (Å²) in [5.41, 5.74) is -1.91. The molecule has 3 aromatic carbocycles. The van der Waals surface area contributed by atoms with Crippen LogP contribution >= 0.6 is 11.6 Å². The molecule has 0 atom stereocenters. The van der Waals surface area contributed by atoms with Crippen LogP contribution in [0.1, 0.15) is 5.56 Å². The van der Waals surface area contributed by atoms with E-state index in [-0.39, 0.29) is 10.6 Å². The van der Waals surface area contributed by atoms with E-state index in [0.717, 1.165) is 18.2 Å². The number of halogens is 5. The van der Waals surface area contributed by atoms with Crippen molar-refractivity contribution in [2.45, 2.75) is 11.1 Å². The van der Waals surface area contributed by atoms with E-state index >= 15 is 0 Å². The van der Waals surface area contributed by atoms with E-state index in [2.05, 4.69) is 5.32 Å². The van der Waals surface area contributed by atoms with Gasteiger partial charge >= 0.3 is 6.18 Å². The molecule has 1 N–H and O–H groups in total. The Balaban J connectivity index is 2.05. The Labute approximate surface area is 186 Å². The van der Waals surface area contributed by atoms with Crippen molar-refractivity contribution in [2.75, 3.05) is 16.2 Å². The quantitative estimate of drug-likeness (QED) is 0.479. The van der Waals surface area contributed by atoms with Gasteiger partial charge in [-0.3, -0.25) is 9.10 Å². The van der Waals surface area contributed by atoms with Crippen LogP contribution in [-0.4, -0.2) is 20.9 Å². The minimum atomic E-state index is -4.86. The predicted molar refractivity (Wildman–Crippen MR) is 112 cm³/mol. The van der Waals surface area contributed by atoms with Gasteiger partial charge in [-0.15, -0.1) is 0 Å². The van der Waals surface area contributed by atoms with Gasteiger partial charge < -0.3 is 5.32 Å². The van der Waals surface area contributed by atoms with Gasteiger partial charge in [0, 0.05) is 0 Å². The number of hydrogen-bond donors (Lipinski definition) is 1. The lowest BCUT2D eigenvalue weighted by Gasteiger charge is -2.25. The van der Waals surface area contributed by atoms with Crippen LogP contribution in [0.5, 0.6) is 0 Å². The van der Waals surface area contributed by atoms with Crippen LogP contribution in [0.2, 0.25) is 5.02 Å². The van der Waals surface area contributed by atoms with Crippen molar-refractivity contribution in [3.05, 3.63) is 89.2 Å². The highest BCUT2D eigenvalue weighted by atomic mass is 35.5. The van der Waals surface area contributed by atoms with Gasteiger partial charge in [-0.1, -0.05) is 41.9 Å². The van der Waals surface area contributed by atoms with Crippen molar-refractivity contribution in [1.82, 2.24) is 0 Å². The Bertz CT molecular complexity index is 1240. The molecule has 0 saturated carbocycles. The lowest BCUT2D eigenvalue weighted by atomic mass is 10.2. The van der Waals surface area contributed by atoms with E-state index < -0.39 is 50.7 Å². The molecule has 0 spiro atoms. The number of rotatable bonds is 6. The summed E-state index contributed by atoms with van der Waals surface area (Å²) in [5, 5.41) is 1.59. The molecule has 0 aliphatic rings. The average molecular weight is 487 g/mol. The fourth-order valence-corrected chi connectivity index (χ4v) is 4.46. The summed E-state index contributed by atoms with van der Waals surface area (Å²) < 4.78 is 80.7. The van der Waals surface area contributed by atoms with Crippen LogP contribution < -0.4 is 9.62 Å². The van der Waals surface area contributed by atoms with E-state index in [9.17, 15) is 30.8 Å². The zero-order chi connectivity index (χ0) is 23.5. The second-order valence-corrected chi connectivity index (χ2v) is 8.78. The number of carbonyl (C=O) groups is 1. The van der Waals surface area contributed by atoms with Gasteiger partial charge in [-0.05, 0) is 42.5 Å². The Hall–Kier alpha value is -3.11. The van der Waals surface area contributed by atoms with E-state index in [1.54, 1.807) is 6.07 Å². The Kier molecular flexibility index (Phi) is 6.75. The fourth-order valence-electron chi connectivity index (χ4n) is 2.80. The third-order valence-electron chi connectivity index (χ3n) is 4.31. The summed E-state index contributed by atoms with van der Waals surface area (Å²) in [7, 11) is -4.46. The summed E-state index contributed by atoms with van der Waals surface area (Å²) in [6, 6.07) is 14.5. The number of benzene rings is 3. The highest BCUT2D eigenvalue weighted by Gasteiger charge is 2.35. The lowest BCUT2D eigenvalue weighted by molar-refractivity contribution is -0.137. The van der Waals surface area contributed by atoms with Gasteiger partial charge in [0.15, 0.2) is 0 Å². The molecule has 5 nitrogen and oxygen atoms in total. The lowest BCUT2D eigenvalue weighted by Crippen LogP contribution is -2.38. The van der Waals surface area contributed by atoms with Gasteiger partial charge in [0.1, 0.15) is 12.4 Å². The molecule has 0 saturated heterocycles. The maximum absolute atomic E-state index is 13.9. The van der Waals surface area contributed by atoms with Gasteiger partial charge in [0.25, 0.3) is 10.0 Å². The monoisotopic (exact) mass is 486 g/mol. The molecule has 1 amide bonds. The Morgan fingerprint density at radius 3 is 2.22 bits per heavy atom. The third-order valence-corrected chi connectivity index (χ3v) is 6.43. The largest absolute Gasteiger partial charge is 0.417 e. The molecule has 0 aliphatic carbocycles. The van der Waals surface area contributed by atoms with Crippen molar-refractivity contribution in [2.24, 2.45) is 0 Å². The maximum atomic E-state index is 13.9. The zero-order valence-electron chi connectivity index (χ0n) is 16.1. The highest BCUT2D eigenvalue weighted by Crippen LogP contribution is 2.38. The molecule has 0 fully saturated rings. The molecule has 3 rings (SSSR count). The minimum Gasteiger partial charge on any atom is -0.322 e. The first-order valence-corrected chi connectivity index (χ1v) is 10.8. The van der Waals surface area contributed by atoms with Crippen LogP contribution in [0.4, 0.5) is 28.9 Å². The zero-order valence-corrected chi connectivity index (χ0v) is 17.7. The number of para-hydroxylation sites is 1. The second-order valence-electron chi connectivity index (χ2n) is 6.51. The number of amides is 1. The van der Waals surface area contributed by atoms with Gasteiger partial charge in [-0.2, -0.15) is 13.2 Å². The number of sulfonamides is 1. The van der Waals surface area contributed by atoms with Gasteiger partial charge in [0.05, 0.1) is 26.9 Å². The van der Waals surface area contributed by atoms with Crippen molar-refractivity contribution >= 4 is 38.9 Å². The van der Waals surface area contributed by atoms with Crippen LogP contribution in [-0.2, 0) is 21.0 Å². The number of nitrogens with one attached hydrogen (secondary N) is 1. The molecule has 0 aromatic heterocycles. The Morgan fingerprint density at radius 1 is 0.969 bits per heavy atom. The molecule has 0 radical (unpaired) electrons. The molecule has 11 heteroatoms. The molecule has 0 aliphatic heterocycles.